The Morgan fingerprint density at radius 3 is 2.68 bits per heavy atom. The van der Waals surface area contributed by atoms with Gasteiger partial charge in [-0.25, -0.2) is 4.98 Å². The number of anilines is 1. The van der Waals surface area contributed by atoms with Gasteiger partial charge in [0.05, 0.1) is 0 Å². The smallest absolute Gasteiger partial charge is 0.370 e. The van der Waals surface area contributed by atoms with Gasteiger partial charge >= 0.3 is 6.18 Å². The molecule has 2 unspecified atom stereocenters. The summed E-state index contributed by atoms with van der Waals surface area (Å²) in [5, 5.41) is 3.07. The lowest BCUT2D eigenvalue weighted by Crippen LogP contribution is -2.27. The van der Waals surface area contributed by atoms with E-state index in [2.05, 4.69) is 10.3 Å². The zero-order valence-corrected chi connectivity index (χ0v) is 11.1. The normalized spacial score (nSPS) is 24.2. The molecule has 1 saturated carbocycles. The van der Waals surface area contributed by atoms with Crippen molar-refractivity contribution in [1.82, 2.24) is 4.98 Å². The maximum Gasteiger partial charge on any atom is 0.433 e. The molecule has 1 N–H and O–H groups in total. The second-order valence-corrected chi connectivity index (χ2v) is 5.41. The molecular weight excluding hydrogens is 277 g/mol. The van der Waals surface area contributed by atoms with E-state index in [-0.39, 0.29) is 11.2 Å². The summed E-state index contributed by atoms with van der Waals surface area (Å²) in [6.07, 6.45) is -0.153. The van der Waals surface area contributed by atoms with E-state index in [1.54, 1.807) is 6.07 Å². The van der Waals surface area contributed by atoms with Gasteiger partial charge in [0.2, 0.25) is 0 Å². The first-order chi connectivity index (χ1) is 8.97. The molecule has 1 heterocycles. The van der Waals surface area contributed by atoms with Crippen molar-refractivity contribution in [3.63, 3.8) is 0 Å². The molecule has 19 heavy (non-hydrogen) atoms. The molecule has 0 amide bonds. The van der Waals surface area contributed by atoms with Crippen LogP contribution in [-0.2, 0) is 6.18 Å². The highest BCUT2D eigenvalue weighted by Gasteiger charge is 2.32. The summed E-state index contributed by atoms with van der Waals surface area (Å²) in [7, 11) is 0. The molecule has 0 radical (unpaired) electrons. The molecular formula is C13H16ClF3N2. The van der Waals surface area contributed by atoms with E-state index >= 15 is 0 Å². The Morgan fingerprint density at radius 1 is 1.26 bits per heavy atom. The third-order valence-corrected chi connectivity index (χ3v) is 3.98. The number of aromatic nitrogens is 1. The second kappa shape index (κ2) is 5.99. The Labute approximate surface area is 115 Å². The van der Waals surface area contributed by atoms with Crippen molar-refractivity contribution in [2.24, 2.45) is 5.92 Å². The Kier molecular flexibility index (Phi) is 4.55. The highest BCUT2D eigenvalue weighted by molar-refractivity contribution is 6.20. The summed E-state index contributed by atoms with van der Waals surface area (Å²) in [6, 6.07) is 3.87. The molecule has 1 aliphatic carbocycles. The molecule has 1 aliphatic rings. The van der Waals surface area contributed by atoms with Crippen LogP contribution >= 0.6 is 11.6 Å². The molecule has 0 saturated heterocycles. The van der Waals surface area contributed by atoms with Gasteiger partial charge in [0.15, 0.2) is 0 Å². The van der Waals surface area contributed by atoms with Gasteiger partial charge in [0, 0.05) is 11.9 Å². The highest BCUT2D eigenvalue weighted by Crippen LogP contribution is 2.30. The van der Waals surface area contributed by atoms with Gasteiger partial charge in [0.25, 0.3) is 0 Å². The predicted molar refractivity (Wildman–Crippen MR) is 69.3 cm³/mol. The van der Waals surface area contributed by atoms with Crippen molar-refractivity contribution in [2.45, 2.75) is 37.2 Å². The summed E-state index contributed by atoms with van der Waals surface area (Å²) in [4.78, 5) is 3.57. The molecule has 0 bridgehead atoms. The topological polar surface area (TPSA) is 24.9 Å². The summed E-state index contributed by atoms with van der Waals surface area (Å²) >= 11 is 6.21. The van der Waals surface area contributed by atoms with Crippen molar-refractivity contribution >= 4 is 17.4 Å². The van der Waals surface area contributed by atoms with Crippen LogP contribution in [0.1, 0.15) is 31.4 Å². The molecule has 0 aromatic carbocycles. The third kappa shape index (κ3) is 4.00. The van der Waals surface area contributed by atoms with Crippen LogP contribution in [0.4, 0.5) is 19.0 Å². The van der Waals surface area contributed by atoms with Crippen molar-refractivity contribution < 1.29 is 13.2 Å². The van der Waals surface area contributed by atoms with Gasteiger partial charge in [-0.15, -0.1) is 11.6 Å². The number of halogens is 4. The van der Waals surface area contributed by atoms with Crippen LogP contribution in [0.2, 0.25) is 0 Å². The number of hydrogen-bond donors (Lipinski definition) is 1. The van der Waals surface area contributed by atoms with Crippen LogP contribution in [0, 0.1) is 5.92 Å². The fraction of sp³-hybridized carbons (Fsp3) is 0.615. The molecule has 0 spiro atoms. The average Bonchev–Trinajstić information content (AvgIpc) is 2.37. The Morgan fingerprint density at radius 2 is 2.00 bits per heavy atom. The first-order valence-electron chi connectivity index (χ1n) is 6.39. The molecule has 2 nitrogen and oxygen atoms in total. The molecule has 1 fully saturated rings. The number of nitrogens with zero attached hydrogens (tertiary/aromatic N) is 1. The van der Waals surface area contributed by atoms with Crippen LogP contribution < -0.4 is 5.32 Å². The first kappa shape index (κ1) is 14.4. The molecule has 1 aromatic rings. The van der Waals surface area contributed by atoms with Crippen molar-refractivity contribution in [1.29, 1.82) is 0 Å². The highest BCUT2D eigenvalue weighted by atomic mass is 35.5. The van der Waals surface area contributed by atoms with Gasteiger partial charge in [-0.05, 0) is 30.9 Å². The van der Waals surface area contributed by atoms with E-state index < -0.39 is 11.9 Å². The number of rotatable bonds is 3. The lowest BCUT2D eigenvalue weighted by molar-refractivity contribution is -0.141. The van der Waals surface area contributed by atoms with Crippen LogP contribution in [0.3, 0.4) is 0 Å². The van der Waals surface area contributed by atoms with Crippen LogP contribution in [0.15, 0.2) is 18.2 Å². The van der Waals surface area contributed by atoms with E-state index in [0.717, 1.165) is 31.7 Å². The Balaban J connectivity index is 1.96. The number of alkyl halides is 4. The fourth-order valence-electron chi connectivity index (χ4n) is 2.32. The summed E-state index contributed by atoms with van der Waals surface area (Å²) in [5.41, 5.74) is -0.872. The summed E-state index contributed by atoms with van der Waals surface area (Å²) in [5.74, 6) is 0.552. The lowest BCUT2D eigenvalue weighted by atomic mass is 9.89. The largest absolute Gasteiger partial charge is 0.433 e. The van der Waals surface area contributed by atoms with Crippen molar-refractivity contribution in [3.8, 4) is 0 Å². The third-order valence-electron chi connectivity index (χ3n) is 3.40. The number of nitrogens with one attached hydrogen (secondary N) is 1. The maximum atomic E-state index is 12.5. The summed E-state index contributed by atoms with van der Waals surface area (Å²) in [6.45, 7) is 0.572. The zero-order valence-electron chi connectivity index (χ0n) is 10.4. The minimum Gasteiger partial charge on any atom is -0.370 e. The maximum absolute atomic E-state index is 12.5. The van der Waals surface area contributed by atoms with E-state index in [9.17, 15) is 13.2 Å². The van der Waals surface area contributed by atoms with Gasteiger partial charge in [-0.2, -0.15) is 13.2 Å². The monoisotopic (exact) mass is 292 g/mol. The fourth-order valence-corrected chi connectivity index (χ4v) is 2.69. The van der Waals surface area contributed by atoms with Gasteiger partial charge < -0.3 is 5.32 Å². The molecule has 2 rings (SSSR count). The lowest BCUT2D eigenvalue weighted by Gasteiger charge is -2.27. The number of hydrogen-bond acceptors (Lipinski definition) is 2. The van der Waals surface area contributed by atoms with Gasteiger partial charge in [0.1, 0.15) is 11.5 Å². The first-order valence-corrected chi connectivity index (χ1v) is 6.82. The zero-order chi connectivity index (χ0) is 13.9. The van der Waals surface area contributed by atoms with E-state index in [1.165, 1.54) is 6.07 Å². The predicted octanol–water partition coefficient (Wildman–Crippen LogP) is 4.31. The molecule has 0 aliphatic heterocycles. The molecule has 106 valence electrons. The van der Waals surface area contributed by atoms with E-state index in [0.29, 0.717) is 12.5 Å². The molecule has 1 aromatic heterocycles. The Hall–Kier alpha value is -0.970. The summed E-state index contributed by atoms with van der Waals surface area (Å²) < 4.78 is 37.5. The van der Waals surface area contributed by atoms with E-state index in [4.69, 9.17) is 11.6 Å². The Bertz CT molecular complexity index is 423. The SMILES string of the molecule is FC(F)(F)c1cccc(NCC2CCCCC2Cl)n1. The minimum atomic E-state index is -4.41. The van der Waals surface area contributed by atoms with Crippen LogP contribution in [-0.4, -0.2) is 16.9 Å². The average molecular weight is 293 g/mol. The number of pyridine rings is 1. The molecule has 6 heteroatoms. The van der Waals surface area contributed by atoms with Crippen molar-refractivity contribution in [3.05, 3.63) is 23.9 Å². The van der Waals surface area contributed by atoms with Gasteiger partial charge in [-0.3, -0.25) is 0 Å². The van der Waals surface area contributed by atoms with Crippen molar-refractivity contribution in [2.75, 3.05) is 11.9 Å². The van der Waals surface area contributed by atoms with Crippen LogP contribution in [0.5, 0.6) is 0 Å². The quantitative estimate of drug-likeness (QED) is 0.840. The minimum absolute atomic E-state index is 0.104. The standard InChI is InChI=1S/C13H16ClF3N2/c14-10-5-2-1-4-9(10)8-18-12-7-3-6-11(19-12)13(15,16)17/h3,6-7,9-10H,1-2,4-5,8H2,(H,18,19). The second-order valence-electron chi connectivity index (χ2n) is 4.85. The van der Waals surface area contributed by atoms with E-state index in [1.807, 2.05) is 0 Å². The van der Waals surface area contributed by atoms with Gasteiger partial charge in [-0.1, -0.05) is 18.9 Å². The molecule has 2 atom stereocenters. The van der Waals surface area contributed by atoms with Crippen LogP contribution in [0.25, 0.3) is 0 Å².